The third-order valence-electron chi connectivity index (χ3n) is 4.84. The van der Waals surface area contributed by atoms with Crippen LogP contribution in [0.4, 0.5) is 0 Å². The molecular formula is C22H21ClZr. The average molecular weight is 412 g/mol. The molecule has 24 heavy (non-hydrogen) atoms. The summed E-state index contributed by atoms with van der Waals surface area (Å²) in [7, 11) is 0. The third kappa shape index (κ3) is 3.22. The maximum atomic E-state index is 2.39. The third-order valence-corrected chi connectivity index (χ3v) is 7.88. The number of hydrogen-bond acceptors (Lipinski definition) is 0. The van der Waals surface area contributed by atoms with Crippen molar-refractivity contribution in [3.05, 3.63) is 76.9 Å². The molecule has 2 heteroatoms. The molecule has 4 rings (SSSR count). The Morgan fingerprint density at radius 3 is 2.54 bits per heavy atom. The van der Waals surface area contributed by atoms with Gasteiger partial charge in [-0.1, -0.05) is 0 Å². The molecule has 0 unspecified atom stereocenters. The Morgan fingerprint density at radius 2 is 1.79 bits per heavy atom. The zero-order chi connectivity index (χ0) is 15.8. The fourth-order valence-corrected chi connectivity index (χ4v) is 5.99. The van der Waals surface area contributed by atoms with E-state index in [0.29, 0.717) is 0 Å². The standard InChI is InChI=1S/C19H15.C3H6.ClH.Zr/c1-13-16(14-6-2-3-7-14)10-11-18-17-9-5-4-8-15(17)12-19(13)18;1-3-2;;/h2-6,8-11H,1,7,12H2;1-2H3;1H;/q;;;+1/p-1. The van der Waals surface area contributed by atoms with E-state index in [1.807, 2.05) is 0 Å². The van der Waals surface area contributed by atoms with Gasteiger partial charge in [-0.15, -0.1) is 0 Å². The molecule has 0 radical (unpaired) electrons. The molecule has 2 aliphatic carbocycles. The fraction of sp³-hybridized carbons (Fsp3) is 0.227. The molecule has 2 aromatic rings. The average Bonchev–Trinajstić information content (AvgIpc) is 3.19. The molecule has 0 amide bonds. The molecule has 0 aliphatic heterocycles. The van der Waals surface area contributed by atoms with Gasteiger partial charge in [0.1, 0.15) is 0 Å². The molecule has 2 aromatic carbocycles. The van der Waals surface area contributed by atoms with Crippen molar-refractivity contribution >= 4 is 8.78 Å². The maximum absolute atomic E-state index is 2.39. The minimum absolute atomic E-state index is 0. The van der Waals surface area contributed by atoms with Gasteiger partial charge in [-0.25, -0.2) is 0 Å². The monoisotopic (exact) mass is 410 g/mol. The van der Waals surface area contributed by atoms with Crippen LogP contribution in [-0.2, 0) is 33.3 Å². The first-order chi connectivity index (χ1) is 11.2. The predicted octanol–water partition coefficient (Wildman–Crippen LogP) is 2.40. The molecule has 0 N–H and O–H groups in total. The number of rotatable bonds is 3. The summed E-state index contributed by atoms with van der Waals surface area (Å²) in [5.74, 6) is 0. The van der Waals surface area contributed by atoms with Crippen LogP contribution in [-0.4, -0.2) is 3.21 Å². The summed E-state index contributed by atoms with van der Waals surface area (Å²) in [6, 6.07) is 13.7. The quantitative estimate of drug-likeness (QED) is 0.620. The van der Waals surface area contributed by atoms with Crippen LogP contribution >= 0.6 is 0 Å². The second kappa shape index (κ2) is 7.46. The summed E-state index contributed by atoms with van der Waals surface area (Å²) in [4.78, 5) is 0. The summed E-state index contributed by atoms with van der Waals surface area (Å²) in [5.41, 5.74) is 10.7. The van der Waals surface area contributed by atoms with Gasteiger partial charge in [0.2, 0.25) is 0 Å². The largest absolute Gasteiger partial charge is 1.00 e. The molecular weight excluding hydrogens is 391 g/mol. The van der Waals surface area contributed by atoms with Crippen LogP contribution in [0.2, 0.25) is 0 Å². The van der Waals surface area contributed by atoms with E-state index in [1.165, 1.54) is 32.0 Å². The minimum Gasteiger partial charge on any atom is -1.00 e. The smallest absolute Gasteiger partial charge is 1.00 e. The van der Waals surface area contributed by atoms with Crippen LogP contribution < -0.4 is 12.4 Å². The first-order valence-electron chi connectivity index (χ1n) is 8.37. The van der Waals surface area contributed by atoms with Crippen molar-refractivity contribution < 1.29 is 35.2 Å². The molecule has 120 valence electrons. The summed E-state index contributed by atoms with van der Waals surface area (Å²) in [6.45, 7) is 4.64. The molecule has 0 bridgehead atoms. The van der Waals surface area contributed by atoms with Gasteiger partial charge < -0.3 is 12.4 Å². The van der Waals surface area contributed by atoms with Crippen molar-refractivity contribution in [2.75, 3.05) is 0 Å². The molecule has 0 spiro atoms. The van der Waals surface area contributed by atoms with Crippen LogP contribution in [0.1, 0.15) is 42.5 Å². The van der Waals surface area contributed by atoms with E-state index in [-0.39, 0.29) is 12.4 Å². The summed E-state index contributed by atoms with van der Waals surface area (Å²) >= 11 is -0.431. The van der Waals surface area contributed by atoms with Crippen molar-refractivity contribution in [1.29, 1.82) is 0 Å². The van der Waals surface area contributed by atoms with E-state index < -0.39 is 22.8 Å². The van der Waals surface area contributed by atoms with Crippen molar-refractivity contribution in [3.63, 3.8) is 0 Å². The number of benzene rings is 2. The Bertz CT molecular complexity index is 868. The minimum atomic E-state index is -0.431. The van der Waals surface area contributed by atoms with Gasteiger partial charge in [0, 0.05) is 0 Å². The Kier molecular flexibility index (Phi) is 5.53. The Hall–Kier alpha value is -1.04. The fourth-order valence-electron chi connectivity index (χ4n) is 3.69. The summed E-state index contributed by atoms with van der Waals surface area (Å²) < 4.78 is 3.02. The van der Waals surface area contributed by atoms with Crippen LogP contribution in [0.3, 0.4) is 0 Å². The molecule has 0 heterocycles. The first kappa shape index (κ1) is 17.8. The van der Waals surface area contributed by atoms with Crippen LogP contribution in [0.15, 0.2) is 54.6 Å². The van der Waals surface area contributed by atoms with Crippen LogP contribution in [0.25, 0.3) is 16.7 Å². The molecule has 0 nitrogen and oxygen atoms in total. The van der Waals surface area contributed by atoms with E-state index in [9.17, 15) is 0 Å². The maximum Gasteiger partial charge on any atom is -1.00 e. The van der Waals surface area contributed by atoms with Crippen molar-refractivity contribution in [1.82, 2.24) is 0 Å². The molecule has 0 atom stereocenters. The number of halogens is 1. The van der Waals surface area contributed by atoms with E-state index in [2.05, 4.69) is 68.5 Å². The molecule has 0 aromatic heterocycles. The van der Waals surface area contributed by atoms with Crippen LogP contribution in [0.5, 0.6) is 0 Å². The Labute approximate surface area is 162 Å². The second-order valence-electron chi connectivity index (χ2n) is 6.63. The van der Waals surface area contributed by atoms with Gasteiger partial charge in [-0.3, -0.25) is 0 Å². The molecule has 0 fully saturated rings. The van der Waals surface area contributed by atoms with Crippen molar-refractivity contribution in [2.24, 2.45) is 0 Å². The van der Waals surface area contributed by atoms with Gasteiger partial charge >= 0.3 is 150 Å². The van der Waals surface area contributed by atoms with E-state index in [4.69, 9.17) is 0 Å². The zero-order valence-corrected chi connectivity index (χ0v) is 17.4. The molecule has 2 aliphatic rings. The van der Waals surface area contributed by atoms with E-state index >= 15 is 0 Å². The van der Waals surface area contributed by atoms with E-state index in [1.54, 1.807) is 14.3 Å². The summed E-state index contributed by atoms with van der Waals surface area (Å²) in [6.07, 6.45) is 9.01. The number of allylic oxidation sites excluding steroid dienone is 4. The normalized spacial score (nSPS) is 13.7. The first-order valence-corrected chi connectivity index (χ1v) is 11.3. The predicted molar refractivity (Wildman–Crippen MR) is 96.5 cm³/mol. The van der Waals surface area contributed by atoms with Gasteiger partial charge in [0.15, 0.2) is 0 Å². The van der Waals surface area contributed by atoms with Gasteiger partial charge in [-0.2, -0.15) is 0 Å². The van der Waals surface area contributed by atoms with Gasteiger partial charge in [0.05, 0.1) is 0 Å². The Balaban J connectivity index is 0.00000169. The zero-order valence-electron chi connectivity index (χ0n) is 14.2. The summed E-state index contributed by atoms with van der Waals surface area (Å²) in [5, 5.41) is 0. The van der Waals surface area contributed by atoms with Gasteiger partial charge in [-0.05, 0) is 0 Å². The SMILES string of the molecule is C[C](C)=[Zr+][CH2]c1c(C2=CC=CC2)ccc2c1Cc1ccccc1-2.[Cl-]. The molecule has 0 saturated heterocycles. The number of hydrogen-bond donors (Lipinski definition) is 0. The van der Waals surface area contributed by atoms with Crippen molar-refractivity contribution in [2.45, 2.75) is 30.8 Å². The van der Waals surface area contributed by atoms with Gasteiger partial charge in [0.25, 0.3) is 0 Å². The molecule has 0 saturated carbocycles. The van der Waals surface area contributed by atoms with Crippen LogP contribution in [0, 0.1) is 0 Å². The Morgan fingerprint density at radius 1 is 1.00 bits per heavy atom. The number of fused-ring (bicyclic) bond motifs is 3. The van der Waals surface area contributed by atoms with Crippen molar-refractivity contribution in [3.8, 4) is 11.1 Å². The second-order valence-corrected chi connectivity index (χ2v) is 10.8. The van der Waals surface area contributed by atoms with E-state index in [0.717, 1.165) is 12.8 Å². The topological polar surface area (TPSA) is 0 Å².